The van der Waals surface area contributed by atoms with E-state index in [0.717, 1.165) is 0 Å². The van der Waals surface area contributed by atoms with Gasteiger partial charge in [0.25, 0.3) is 0 Å². The van der Waals surface area contributed by atoms with Gasteiger partial charge in [-0.05, 0) is 31.2 Å². The van der Waals surface area contributed by atoms with Crippen LogP contribution in [0.15, 0.2) is 24.3 Å². The molecule has 1 saturated heterocycles. The smallest absolute Gasteiger partial charge is 0.303 e. The number of hydrogen-bond acceptors (Lipinski definition) is 9. The van der Waals surface area contributed by atoms with Crippen LogP contribution in [-0.2, 0) is 28.6 Å². The zero-order chi connectivity index (χ0) is 20.8. The lowest BCUT2D eigenvalue weighted by Crippen LogP contribution is -2.55. The summed E-state index contributed by atoms with van der Waals surface area (Å²) in [6.45, 7) is 5.15. The Hall–Kier alpha value is -2.55. The van der Waals surface area contributed by atoms with Crippen molar-refractivity contribution in [1.29, 1.82) is 0 Å². The number of carbonyl (C=O) groups is 4. The van der Waals surface area contributed by atoms with Gasteiger partial charge in [0.15, 0.2) is 29.5 Å². The Morgan fingerprint density at radius 2 is 1.36 bits per heavy atom. The first-order valence-electron chi connectivity index (χ1n) is 8.58. The second kappa shape index (κ2) is 9.59. The zero-order valence-electron chi connectivity index (χ0n) is 16.0. The molecule has 0 spiro atoms. The summed E-state index contributed by atoms with van der Waals surface area (Å²) in [7, 11) is 0. The van der Waals surface area contributed by atoms with E-state index in [4.69, 9.17) is 18.9 Å². The van der Waals surface area contributed by atoms with Crippen LogP contribution in [0, 0.1) is 0 Å². The summed E-state index contributed by atoms with van der Waals surface area (Å²) in [4.78, 5) is 46.0. The Bertz CT molecular complexity index is 745. The second-order valence-electron chi connectivity index (χ2n) is 6.20. The molecular weight excluding hydrogens is 388 g/mol. The monoisotopic (exact) mass is 410 g/mol. The van der Waals surface area contributed by atoms with Crippen molar-refractivity contribution in [3.05, 3.63) is 29.8 Å². The Kier molecular flexibility index (Phi) is 7.45. The molecule has 1 aliphatic heterocycles. The normalized spacial score (nSPS) is 24.0. The predicted molar refractivity (Wildman–Crippen MR) is 100.0 cm³/mol. The van der Waals surface area contributed by atoms with Crippen LogP contribution in [0.1, 0.15) is 38.1 Å². The van der Waals surface area contributed by atoms with Crippen molar-refractivity contribution >= 4 is 35.5 Å². The van der Waals surface area contributed by atoms with E-state index in [2.05, 4.69) is 0 Å². The molecule has 4 atom stereocenters. The molecule has 0 N–H and O–H groups in total. The Morgan fingerprint density at radius 3 is 1.86 bits per heavy atom. The van der Waals surface area contributed by atoms with Crippen LogP contribution in [0.25, 0.3) is 0 Å². The molecule has 0 amide bonds. The molecule has 0 bridgehead atoms. The Morgan fingerprint density at radius 1 is 0.821 bits per heavy atom. The number of ketones is 1. The minimum atomic E-state index is -1.01. The number of carbonyl (C=O) groups excluding carboxylic acids is 4. The zero-order valence-corrected chi connectivity index (χ0v) is 16.8. The van der Waals surface area contributed by atoms with E-state index in [1.54, 1.807) is 24.3 Å². The third-order valence-corrected chi connectivity index (χ3v) is 5.03. The Labute approximate surface area is 166 Å². The van der Waals surface area contributed by atoms with Crippen LogP contribution in [0.3, 0.4) is 0 Å². The SMILES string of the molecule is CC(=O)O[C@@H]1[C@@H](OC(C)=O)[C@H](OC(C)=O)CS[C@H]1Oc1ccc(C(C)=O)cc1. The predicted octanol–water partition coefficient (Wildman–Crippen LogP) is 2.14. The van der Waals surface area contributed by atoms with Gasteiger partial charge in [-0.25, -0.2) is 0 Å². The molecule has 152 valence electrons. The van der Waals surface area contributed by atoms with E-state index >= 15 is 0 Å². The maximum atomic E-state index is 11.6. The van der Waals surface area contributed by atoms with E-state index in [-0.39, 0.29) is 11.5 Å². The van der Waals surface area contributed by atoms with Gasteiger partial charge in [0, 0.05) is 32.1 Å². The highest BCUT2D eigenvalue weighted by molar-refractivity contribution is 7.99. The highest BCUT2D eigenvalue weighted by Crippen LogP contribution is 2.34. The lowest BCUT2D eigenvalue weighted by Gasteiger charge is -2.39. The molecule has 2 rings (SSSR count). The number of hydrogen-bond donors (Lipinski definition) is 0. The average molecular weight is 410 g/mol. The first kappa shape index (κ1) is 21.7. The number of ether oxygens (including phenoxy) is 4. The number of esters is 3. The van der Waals surface area contributed by atoms with E-state index in [9.17, 15) is 19.2 Å². The van der Waals surface area contributed by atoms with Crippen LogP contribution in [0.5, 0.6) is 5.75 Å². The van der Waals surface area contributed by atoms with Gasteiger partial charge in [0.05, 0.1) is 0 Å². The van der Waals surface area contributed by atoms with Crippen LogP contribution in [0.4, 0.5) is 0 Å². The van der Waals surface area contributed by atoms with E-state index < -0.39 is 41.7 Å². The van der Waals surface area contributed by atoms with Crippen molar-refractivity contribution in [3.63, 3.8) is 0 Å². The van der Waals surface area contributed by atoms with Gasteiger partial charge in [-0.3, -0.25) is 19.2 Å². The van der Waals surface area contributed by atoms with Gasteiger partial charge in [0.1, 0.15) is 5.75 Å². The summed E-state index contributed by atoms with van der Waals surface area (Å²) in [5.74, 6) is -1.07. The third-order valence-electron chi connectivity index (χ3n) is 3.82. The van der Waals surface area contributed by atoms with Gasteiger partial charge in [-0.15, -0.1) is 11.8 Å². The minimum absolute atomic E-state index is 0.0736. The van der Waals surface area contributed by atoms with Crippen LogP contribution < -0.4 is 4.74 Å². The van der Waals surface area contributed by atoms with Crippen molar-refractivity contribution in [3.8, 4) is 5.75 Å². The van der Waals surface area contributed by atoms with Crippen molar-refractivity contribution in [1.82, 2.24) is 0 Å². The standard InChI is InChI=1S/C19H22O8S/c1-10(20)14-5-7-15(8-6-14)27-19-18(26-13(4)23)17(25-12(3)22)16(9-28-19)24-11(2)21/h5-8,16-19H,9H2,1-4H3/t16-,17+,18-,19-/m1/s1. The maximum absolute atomic E-state index is 11.6. The summed E-state index contributed by atoms with van der Waals surface area (Å²) in [5, 5.41) is 0. The number of benzene rings is 1. The molecule has 1 fully saturated rings. The highest BCUT2D eigenvalue weighted by atomic mass is 32.2. The summed E-state index contributed by atoms with van der Waals surface area (Å²) < 4.78 is 21.8. The fourth-order valence-electron chi connectivity index (χ4n) is 2.71. The van der Waals surface area contributed by atoms with Crippen molar-refractivity contribution in [2.45, 2.75) is 51.4 Å². The van der Waals surface area contributed by atoms with Gasteiger partial charge >= 0.3 is 17.9 Å². The van der Waals surface area contributed by atoms with Crippen LogP contribution in [-0.4, -0.2) is 53.2 Å². The molecule has 28 heavy (non-hydrogen) atoms. The largest absolute Gasteiger partial charge is 0.476 e. The fraction of sp³-hybridized carbons (Fsp3) is 0.474. The maximum Gasteiger partial charge on any atom is 0.303 e. The summed E-state index contributed by atoms with van der Waals surface area (Å²) in [5.41, 5.74) is -0.170. The lowest BCUT2D eigenvalue weighted by atomic mass is 10.1. The molecule has 0 aliphatic carbocycles. The topological polar surface area (TPSA) is 105 Å². The van der Waals surface area contributed by atoms with Gasteiger partial charge < -0.3 is 18.9 Å². The quantitative estimate of drug-likeness (QED) is 0.396. The summed E-state index contributed by atoms with van der Waals surface area (Å²) in [6, 6.07) is 6.50. The Balaban J connectivity index is 2.25. The van der Waals surface area contributed by atoms with Gasteiger partial charge in [0.2, 0.25) is 0 Å². The molecule has 0 aromatic heterocycles. The van der Waals surface area contributed by atoms with E-state index in [0.29, 0.717) is 11.3 Å². The van der Waals surface area contributed by atoms with Crippen LogP contribution in [0.2, 0.25) is 0 Å². The highest BCUT2D eigenvalue weighted by Gasteiger charge is 2.47. The molecule has 0 radical (unpaired) electrons. The molecule has 9 heteroatoms. The summed E-state index contributed by atoms with van der Waals surface area (Å²) >= 11 is 1.26. The first-order chi connectivity index (χ1) is 13.2. The number of thioether (sulfide) groups is 1. The second-order valence-corrected chi connectivity index (χ2v) is 7.33. The third kappa shape index (κ3) is 5.98. The minimum Gasteiger partial charge on any atom is -0.476 e. The number of rotatable bonds is 6. The lowest BCUT2D eigenvalue weighted by molar-refractivity contribution is -0.186. The van der Waals surface area contributed by atoms with Crippen molar-refractivity contribution < 1.29 is 38.1 Å². The van der Waals surface area contributed by atoms with Crippen LogP contribution >= 0.6 is 11.8 Å². The van der Waals surface area contributed by atoms with Gasteiger partial charge in [-0.2, -0.15) is 0 Å². The first-order valence-corrected chi connectivity index (χ1v) is 9.63. The molecule has 0 saturated carbocycles. The van der Waals surface area contributed by atoms with E-state index in [1.165, 1.54) is 39.5 Å². The molecule has 8 nitrogen and oxygen atoms in total. The fourth-order valence-corrected chi connectivity index (χ4v) is 3.93. The molecule has 1 heterocycles. The van der Waals surface area contributed by atoms with Gasteiger partial charge in [-0.1, -0.05) is 0 Å². The van der Waals surface area contributed by atoms with Crippen molar-refractivity contribution in [2.24, 2.45) is 0 Å². The molecule has 0 unspecified atom stereocenters. The average Bonchev–Trinajstić information content (AvgIpc) is 2.59. The molecular formula is C19H22O8S. The summed E-state index contributed by atoms with van der Waals surface area (Å²) in [6.07, 6.45) is -2.78. The van der Waals surface area contributed by atoms with Crippen molar-refractivity contribution in [2.75, 3.05) is 5.75 Å². The molecule has 1 aromatic carbocycles. The molecule has 1 aromatic rings. The molecule has 1 aliphatic rings. The van der Waals surface area contributed by atoms with E-state index in [1.807, 2.05) is 0 Å². The number of Topliss-reactive ketones (excluding diaryl/α,β-unsaturated/α-hetero) is 1.